The Morgan fingerprint density at radius 1 is 1.40 bits per heavy atom. The lowest BCUT2D eigenvalue weighted by atomic mass is 10.1. The lowest BCUT2D eigenvalue weighted by Crippen LogP contribution is -2.13. The maximum atomic E-state index is 12.8. The number of ether oxygens (including phenoxy) is 1. The molecule has 25 heavy (non-hydrogen) atoms. The van der Waals surface area contributed by atoms with Crippen molar-refractivity contribution < 1.29 is 22.7 Å². The molecule has 0 spiro atoms. The van der Waals surface area contributed by atoms with Crippen LogP contribution in [0.5, 0.6) is 0 Å². The SMILES string of the molecule is CCOCCC(=O)Nc1ncc(Cc2cc(C(F)(F)F)ccc2Cl)s1. The number of amides is 1. The third kappa shape index (κ3) is 5.98. The van der Waals surface area contributed by atoms with Crippen LogP contribution < -0.4 is 5.32 Å². The lowest BCUT2D eigenvalue weighted by Gasteiger charge is -2.09. The zero-order valence-corrected chi connectivity index (χ0v) is 14.9. The minimum atomic E-state index is -4.42. The van der Waals surface area contributed by atoms with E-state index in [2.05, 4.69) is 10.3 Å². The summed E-state index contributed by atoms with van der Waals surface area (Å²) in [5, 5.41) is 3.27. The summed E-state index contributed by atoms with van der Waals surface area (Å²) in [6.07, 6.45) is -2.50. The molecular weight excluding hydrogens is 377 g/mol. The van der Waals surface area contributed by atoms with Crippen LogP contribution in [-0.4, -0.2) is 24.1 Å². The molecule has 0 saturated heterocycles. The van der Waals surface area contributed by atoms with Gasteiger partial charge in [-0.2, -0.15) is 13.2 Å². The highest BCUT2D eigenvalue weighted by Gasteiger charge is 2.30. The molecule has 0 saturated carbocycles. The second-order valence-corrected chi connectivity index (χ2v) is 6.63. The predicted molar refractivity (Wildman–Crippen MR) is 91.1 cm³/mol. The van der Waals surface area contributed by atoms with E-state index in [1.165, 1.54) is 23.6 Å². The van der Waals surface area contributed by atoms with E-state index in [1.54, 1.807) is 0 Å². The first kappa shape index (κ1) is 19.7. The zero-order valence-electron chi connectivity index (χ0n) is 13.3. The van der Waals surface area contributed by atoms with Crippen LogP contribution in [0.1, 0.15) is 29.3 Å². The average molecular weight is 393 g/mol. The minimum absolute atomic E-state index is 0.204. The van der Waals surface area contributed by atoms with Gasteiger partial charge in [-0.15, -0.1) is 11.3 Å². The third-order valence-corrected chi connectivity index (χ3v) is 4.50. The average Bonchev–Trinajstić information content (AvgIpc) is 2.95. The maximum absolute atomic E-state index is 12.8. The number of hydrogen-bond donors (Lipinski definition) is 1. The van der Waals surface area contributed by atoms with Crippen molar-refractivity contribution in [2.75, 3.05) is 18.5 Å². The van der Waals surface area contributed by atoms with Crippen molar-refractivity contribution in [3.63, 3.8) is 0 Å². The molecule has 0 radical (unpaired) electrons. The first-order valence-corrected chi connectivity index (χ1v) is 8.67. The summed E-state index contributed by atoms with van der Waals surface area (Å²) in [6, 6.07) is 3.21. The highest BCUT2D eigenvalue weighted by molar-refractivity contribution is 7.15. The zero-order chi connectivity index (χ0) is 18.4. The van der Waals surface area contributed by atoms with E-state index in [4.69, 9.17) is 16.3 Å². The Labute approximate surface area is 152 Å². The van der Waals surface area contributed by atoms with Gasteiger partial charge in [-0.25, -0.2) is 4.98 Å². The Morgan fingerprint density at radius 2 is 2.16 bits per heavy atom. The van der Waals surface area contributed by atoms with E-state index >= 15 is 0 Å². The molecule has 0 aliphatic heterocycles. The van der Waals surface area contributed by atoms with Crippen molar-refractivity contribution in [2.45, 2.75) is 25.9 Å². The number of alkyl halides is 3. The molecule has 1 aromatic heterocycles. The van der Waals surface area contributed by atoms with Crippen LogP contribution in [-0.2, 0) is 22.1 Å². The van der Waals surface area contributed by atoms with E-state index in [9.17, 15) is 18.0 Å². The van der Waals surface area contributed by atoms with Crippen LogP contribution in [0.4, 0.5) is 18.3 Å². The van der Waals surface area contributed by atoms with Gasteiger partial charge in [0.05, 0.1) is 18.6 Å². The fourth-order valence-corrected chi connectivity index (χ4v) is 3.05. The molecule has 9 heteroatoms. The Hall–Kier alpha value is -1.64. The van der Waals surface area contributed by atoms with Gasteiger partial charge in [0.2, 0.25) is 5.91 Å². The number of rotatable bonds is 7. The molecule has 0 bridgehead atoms. The first-order valence-electron chi connectivity index (χ1n) is 7.47. The smallest absolute Gasteiger partial charge is 0.381 e. The van der Waals surface area contributed by atoms with Crippen LogP contribution in [0.25, 0.3) is 0 Å². The molecule has 0 aliphatic carbocycles. The molecule has 0 unspecified atom stereocenters. The summed E-state index contributed by atoms with van der Waals surface area (Å²) in [7, 11) is 0. The van der Waals surface area contributed by atoms with Gasteiger partial charge in [-0.05, 0) is 30.7 Å². The van der Waals surface area contributed by atoms with Crippen LogP contribution in [0.2, 0.25) is 5.02 Å². The number of carbonyl (C=O) groups is 1. The van der Waals surface area contributed by atoms with Crippen LogP contribution >= 0.6 is 22.9 Å². The Balaban J connectivity index is 2.02. The molecule has 136 valence electrons. The molecule has 4 nitrogen and oxygen atoms in total. The van der Waals surface area contributed by atoms with Crippen molar-refractivity contribution in [3.8, 4) is 0 Å². The summed E-state index contributed by atoms with van der Waals surface area (Å²) < 4.78 is 43.5. The number of aromatic nitrogens is 1. The van der Waals surface area contributed by atoms with E-state index in [0.717, 1.165) is 12.1 Å². The Bertz CT molecular complexity index is 734. The van der Waals surface area contributed by atoms with Gasteiger partial charge in [0, 0.05) is 29.1 Å². The largest absolute Gasteiger partial charge is 0.416 e. The van der Waals surface area contributed by atoms with Crippen molar-refractivity contribution in [2.24, 2.45) is 0 Å². The van der Waals surface area contributed by atoms with Crippen molar-refractivity contribution >= 4 is 34.0 Å². The van der Waals surface area contributed by atoms with Crippen molar-refractivity contribution in [3.05, 3.63) is 45.4 Å². The van der Waals surface area contributed by atoms with Crippen LogP contribution in [0, 0.1) is 0 Å². The van der Waals surface area contributed by atoms with Gasteiger partial charge in [0.1, 0.15) is 0 Å². The minimum Gasteiger partial charge on any atom is -0.381 e. The number of nitrogens with one attached hydrogen (secondary N) is 1. The van der Waals surface area contributed by atoms with Crippen LogP contribution in [0.3, 0.4) is 0 Å². The number of benzene rings is 1. The highest BCUT2D eigenvalue weighted by atomic mass is 35.5. The van der Waals surface area contributed by atoms with Gasteiger partial charge in [0.25, 0.3) is 0 Å². The highest BCUT2D eigenvalue weighted by Crippen LogP contribution is 2.33. The van der Waals surface area contributed by atoms with Gasteiger partial charge in [-0.1, -0.05) is 11.6 Å². The molecule has 2 rings (SSSR count). The second kappa shape index (κ2) is 8.64. The van der Waals surface area contributed by atoms with E-state index in [1.807, 2.05) is 6.92 Å². The number of halogens is 4. The number of carbonyl (C=O) groups excluding carboxylic acids is 1. The third-order valence-electron chi connectivity index (χ3n) is 3.22. The molecule has 1 amide bonds. The molecule has 1 heterocycles. The van der Waals surface area contributed by atoms with E-state index in [0.29, 0.717) is 28.8 Å². The molecule has 0 atom stereocenters. The molecule has 0 fully saturated rings. The lowest BCUT2D eigenvalue weighted by molar-refractivity contribution is -0.137. The van der Waals surface area contributed by atoms with Crippen LogP contribution in [0.15, 0.2) is 24.4 Å². The Kier molecular flexibility index (Phi) is 6.80. The number of hydrogen-bond acceptors (Lipinski definition) is 4. The van der Waals surface area contributed by atoms with E-state index in [-0.39, 0.29) is 23.8 Å². The fourth-order valence-electron chi connectivity index (χ4n) is 2.01. The molecular formula is C16H16ClF3N2O2S. The van der Waals surface area contributed by atoms with Gasteiger partial charge < -0.3 is 10.1 Å². The monoisotopic (exact) mass is 392 g/mol. The van der Waals surface area contributed by atoms with Crippen molar-refractivity contribution in [1.29, 1.82) is 0 Å². The quantitative estimate of drug-likeness (QED) is 0.690. The summed E-state index contributed by atoms with van der Waals surface area (Å²) in [4.78, 5) is 16.5. The van der Waals surface area contributed by atoms with Gasteiger partial charge >= 0.3 is 6.18 Å². The standard InChI is InChI=1S/C16H16ClF3N2O2S/c1-2-24-6-5-14(23)22-15-21-9-12(25-15)8-10-7-11(16(18,19)20)3-4-13(10)17/h3-4,7,9H,2,5-6,8H2,1H3,(H,21,22,23). The summed E-state index contributed by atoms with van der Waals surface area (Å²) in [5.41, 5.74) is -0.393. The second-order valence-electron chi connectivity index (χ2n) is 5.11. The first-order chi connectivity index (χ1) is 11.8. The maximum Gasteiger partial charge on any atom is 0.416 e. The normalized spacial score (nSPS) is 11.6. The van der Waals surface area contributed by atoms with E-state index < -0.39 is 11.7 Å². The Morgan fingerprint density at radius 3 is 2.84 bits per heavy atom. The fraction of sp³-hybridized carbons (Fsp3) is 0.375. The summed E-state index contributed by atoms with van der Waals surface area (Å²) in [6.45, 7) is 2.69. The number of thiazole rings is 1. The van der Waals surface area contributed by atoms with Gasteiger partial charge in [-0.3, -0.25) is 4.79 Å². The number of nitrogens with zero attached hydrogens (tertiary/aromatic N) is 1. The summed E-state index contributed by atoms with van der Waals surface area (Å²) >= 11 is 7.19. The summed E-state index contributed by atoms with van der Waals surface area (Å²) in [5.74, 6) is -0.230. The predicted octanol–water partition coefficient (Wildman–Crippen LogP) is 4.77. The number of anilines is 1. The molecule has 1 aromatic carbocycles. The molecule has 1 N–H and O–H groups in total. The van der Waals surface area contributed by atoms with Gasteiger partial charge in [0.15, 0.2) is 5.13 Å². The molecule has 0 aliphatic rings. The topological polar surface area (TPSA) is 51.2 Å². The van der Waals surface area contributed by atoms with Crippen molar-refractivity contribution in [1.82, 2.24) is 4.98 Å². The molecule has 2 aromatic rings.